The van der Waals surface area contributed by atoms with Gasteiger partial charge in [0.1, 0.15) is 0 Å². The van der Waals surface area contributed by atoms with Crippen molar-refractivity contribution >= 4 is 21.6 Å². The van der Waals surface area contributed by atoms with Gasteiger partial charge in [0, 0.05) is 18.1 Å². The maximum Gasteiger partial charge on any atom is 0.218 e. The Labute approximate surface area is 130 Å². The monoisotopic (exact) mass is 321 g/mol. The van der Waals surface area contributed by atoms with Gasteiger partial charge in [-0.05, 0) is 29.2 Å². The number of halogens is 1. The highest BCUT2D eigenvalue weighted by atomic mass is 35.5. The number of benzene rings is 2. The van der Waals surface area contributed by atoms with Crippen molar-refractivity contribution in [3.05, 3.63) is 70.2 Å². The molecular formula is C16H16ClNO2S. The van der Waals surface area contributed by atoms with Gasteiger partial charge in [0.25, 0.3) is 0 Å². The highest BCUT2D eigenvalue weighted by Gasteiger charge is 2.27. The molecule has 1 aliphatic heterocycles. The van der Waals surface area contributed by atoms with Crippen molar-refractivity contribution in [2.45, 2.75) is 18.7 Å². The zero-order chi connectivity index (χ0) is 14.9. The summed E-state index contributed by atoms with van der Waals surface area (Å²) in [6.45, 7) is 0.979. The van der Waals surface area contributed by atoms with Crippen LogP contribution in [0.3, 0.4) is 0 Å². The predicted molar refractivity (Wildman–Crippen MR) is 84.6 cm³/mol. The molecule has 0 radical (unpaired) electrons. The number of hydrogen-bond donors (Lipinski definition) is 0. The summed E-state index contributed by atoms with van der Waals surface area (Å²) >= 11 is 6.07. The Hall–Kier alpha value is -1.36. The Morgan fingerprint density at radius 3 is 2.43 bits per heavy atom. The van der Waals surface area contributed by atoms with Crippen molar-refractivity contribution < 1.29 is 8.42 Å². The lowest BCUT2D eigenvalue weighted by Gasteiger charge is -2.28. The van der Waals surface area contributed by atoms with E-state index in [9.17, 15) is 8.42 Å². The summed E-state index contributed by atoms with van der Waals surface area (Å²) in [4.78, 5) is 0. The normalized spacial score (nSPS) is 15.7. The minimum atomic E-state index is -3.35. The molecular weight excluding hydrogens is 306 g/mol. The smallest absolute Gasteiger partial charge is 0.212 e. The second-order valence-corrected chi connectivity index (χ2v) is 7.58. The Balaban J connectivity index is 1.82. The summed E-state index contributed by atoms with van der Waals surface area (Å²) in [5, 5.41) is 0.499. The molecule has 21 heavy (non-hydrogen) atoms. The fourth-order valence-electron chi connectivity index (χ4n) is 2.61. The van der Waals surface area contributed by atoms with Gasteiger partial charge >= 0.3 is 0 Å². The summed E-state index contributed by atoms with van der Waals surface area (Å²) in [5.74, 6) is -0.0468. The third-order valence-electron chi connectivity index (χ3n) is 3.78. The first-order valence-corrected chi connectivity index (χ1v) is 8.83. The zero-order valence-electron chi connectivity index (χ0n) is 11.5. The van der Waals surface area contributed by atoms with Crippen LogP contribution in [0, 0.1) is 0 Å². The second kappa shape index (κ2) is 5.79. The summed E-state index contributed by atoms with van der Waals surface area (Å²) in [6.07, 6.45) is 0.762. The van der Waals surface area contributed by atoms with Crippen molar-refractivity contribution in [1.82, 2.24) is 4.31 Å². The molecule has 0 bridgehead atoms. The van der Waals surface area contributed by atoms with Crippen LogP contribution >= 0.6 is 11.6 Å². The fraction of sp³-hybridized carbons (Fsp3) is 0.250. The molecule has 2 aromatic carbocycles. The maximum atomic E-state index is 12.6. The SMILES string of the molecule is O=S(=O)(Cc1ccccc1Cl)N1CCc2ccccc2C1. The lowest BCUT2D eigenvalue weighted by Crippen LogP contribution is -2.36. The van der Waals surface area contributed by atoms with E-state index in [1.807, 2.05) is 24.3 Å². The van der Waals surface area contributed by atoms with Gasteiger partial charge in [-0.15, -0.1) is 0 Å². The zero-order valence-corrected chi connectivity index (χ0v) is 13.1. The molecule has 0 amide bonds. The average Bonchev–Trinajstić information content (AvgIpc) is 2.49. The van der Waals surface area contributed by atoms with Crippen LogP contribution in [0.15, 0.2) is 48.5 Å². The Morgan fingerprint density at radius 1 is 1.00 bits per heavy atom. The van der Waals surface area contributed by atoms with Crippen molar-refractivity contribution in [2.24, 2.45) is 0 Å². The summed E-state index contributed by atoms with van der Waals surface area (Å²) in [5.41, 5.74) is 2.98. The van der Waals surface area contributed by atoms with Gasteiger partial charge in [0.05, 0.1) is 5.75 Å². The second-order valence-electron chi connectivity index (χ2n) is 5.20. The van der Waals surface area contributed by atoms with E-state index in [0.29, 0.717) is 23.7 Å². The van der Waals surface area contributed by atoms with Gasteiger partial charge in [0.15, 0.2) is 0 Å². The maximum absolute atomic E-state index is 12.6. The van der Waals surface area contributed by atoms with Gasteiger partial charge < -0.3 is 0 Å². The first kappa shape index (κ1) is 14.6. The Kier molecular flexibility index (Phi) is 4.02. The van der Waals surface area contributed by atoms with Crippen molar-refractivity contribution in [3.8, 4) is 0 Å². The van der Waals surface area contributed by atoms with Crippen LogP contribution in [0.5, 0.6) is 0 Å². The number of hydrogen-bond acceptors (Lipinski definition) is 2. The Bertz CT molecular complexity index is 758. The molecule has 1 aliphatic rings. The number of nitrogens with zero attached hydrogens (tertiary/aromatic N) is 1. The average molecular weight is 322 g/mol. The van der Waals surface area contributed by atoms with E-state index in [2.05, 4.69) is 6.07 Å². The van der Waals surface area contributed by atoms with Gasteiger partial charge in [-0.2, -0.15) is 4.31 Å². The minimum absolute atomic E-state index is 0.0468. The predicted octanol–water partition coefficient (Wildman–Crippen LogP) is 3.23. The molecule has 110 valence electrons. The molecule has 0 atom stereocenters. The van der Waals surface area contributed by atoms with Crippen LogP contribution < -0.4 is 0 Å². The molecule has 0 spiro atoms. The number of rotatable bonds is 3. The van der Waals surface area contributed by atoms with E-state index < -0.39 is 10.0 Å². The van der Waals surface area contributed by atoms with Gasteiger partial charge in [-0.1, -0.05) is 54.1 Å². The van der Waals surface area contributed by atoms with Crippen molar-refractivity contribution in [3.63, 3.8) is 0 Å². The van der Waals surface area contributed by atoms with Crippen molar-refractivity contribution in [2.75, 3.05) is 6.54 Å². The molecule has 2 aromatic rings. The molecule has 1 heterocycles. The third-order valence-corrected chi connectivity index (χ3v) is 5.93. The van der Waals surface area contributed by atoms with Crippen LogP contribution in [0.1, 0.15) is 16.7 Å². The molecule has 0 fully saturated rings. The fourth-order valence-corrected chi connectivity index (χ4v) is 4.42. The van der Waals surface area contributed by atoms with Crippen LogP contribution in [-0.4, -0.2) is 19.3 Å². The third kappa shape index (κ3) is 3.12. The minimum Gasteiger partial charge on any atom is -0.212 e. The van der Waals surface area contributed by atoms with Crippen LogP contribution in [0.2, 0.25) is 5.02 Å². The standard InChI is InChI=1S/C16H16ClNO2S/c17-16-8-4-3-7-15(16)12-21(19,20)18-10-9-13-5-1-2-6-14(13)11-18/h1-8H,9-12H2. The number of fused-ring (bicyclic) bond motifs is 1. The van der Waals surface area contributed by atoms with Crippen LogP contribution in [0.4, 0.5) is 0 Å². The highest BCUT2D eigenvalue weighted by Crippen LogP contribution is 2.24. The van der Waals surface area contributed by atoms with E-state index >= 15 is 0 Å². The molecule has 0 aliphatic carbocycles. The molecule has 0 saturated carbocycles. The largest absolute Gasteiger partial charge is 0.218 e. The number of sulfonamides is 1. The summed E-state index contributed by atoms with van der Waals surface area (Å²) in [6, 6.07) is 15.1. The first-order valence-electron chi connectivity index (χ1n) is 6.84. The van der Waals surface area contributed by atoms with E-state index in [0.717, 1.165) is 12.0 Å². The van der Waals surface area contributed by atoms with Gasteiger partial charge in [0.2, 0.25) is 10.0 Å². The van der Waals surface area contributed by atoms with E-state index in [4.69, 9.17) is 11.6 Å². The van der Waals surface area contributed by atoms with Crippen LogP contribution in [0.25, 0.3) is 0 Å². The Morgan fingerprint density at radius 2 is 1.67 bits per heavy atom. The molecule has 0 N–H and O–H groups in total. The quantitative estimate of drug-likeness (QED) is 0.870. The van der Waals surface area contributed by atoms with E-state index in [1.165, 1.54) is 5.56 Å². The van der Waals surface area contributed by atoms with E-state index in [1.54, 1.807) is 22.5 Å². The summed E-state index contributed by atoms with van der Waals surface area (Å²) < 4.78 is 26.7. The highest BCUT2D eigenvalue weighted by molar-refractivity contribution is 7.88. The molecule has 3 rings (SSSR count). The van der Waals surface area contributed by atoms with Gasteiger partial charge in [-0.3, -0.25) is 0 Å². The lowest BCUT2D eigenvalue weighted by molar-refractivity contribution is 0.391. The van der Waals surface area contributed by atoms with Crippen molar-refractivity contribution in [1.29, 1.82) is 0 Å². The molecule has 0 unspecified atom stereocenters. The lowest BCUT2D eigenvalue weighted by atomic mass is 10.0. The van der Waals surface area contributed by atoms with E-state index in [-0.39, 0.29) is 5.75 Å². The summed E-state index contributed by atoms with van der Waals surface area (Å²) in [7, 11) is -3.35. The van der Waals surface area contributed by atoms with Crippen LogP contribution in [-0.2, 0) is 28.7 Å². The molecule has 0 saturated heterocycles. The topological polar surface area (TPSA) is 37.4 Å². The first-order chi connectivity index (χ1) is 10.1. The van der Waals surface area contributed by atoms with Gasteiger partial charge in [-0.25, -0.2) is 8.42 Å². The molecule has 0 aromatic heterocycles. The molecule has 5 heteroatoms. The molecule has 3 nitrogen and oxygen atoms in total.